The van der Waals surface area contributed by atoms with Gasteiger partial charge in [-0.25, -0.2) is 4.98 Å². The van der Waals surface area contributed by atoms with Crippen LogP contribution in [-0.4, -0.2) is 28.6 Å². The summed E-state index contributed by atoms with van der Waals surface area (Å²) in [6.07, 6.45) is 3.87. The Morgan fingerprint density at radius 3 is 2.47 bits per heavy atom. The third kappa shape index (κ3) is 7.11. The fraction of sp³-hybridized carbons (Fsp3) is 0.333. The first-order valence-corrected chi connectivity index (χ1v) is 13.1. The fourth-order valence-electron chi connectivity index (χ4n) is 4.23. The van der Waals surface area contributed by atoms with Gasteiger partial charge in [-0.15, -0.1) is 0 Å². The standard InChI is InChI=1S/C30H34ClN3O2/c1-22(2)24-13-11-23(12-14-24)20-34-28-9-6-5-8-27(28)33-29(34)10-4-3-7-19-32-30(35)21-36-26-17-15-25(31)16-18-26/h5-6,8-9,11-18,22H,3-4,7,10,19-21H2,1-2H3,(H,32,35). The normalized spacial score (nSPS) is 11.2. The Bertz CT molecular complexity index is 1260. The fourth-order valence-corrected chi connectivity index (χ4v) is 4.35. The number of ether oxygens (including phenoxy) is 1. The quantitative estimate of drug-likeness (QED) is 0.217. The number of carbonyl (C=O) groups is 1. The summed E-state index contributed by atoms with van der Waals surface area (Å²) < 4.78 is 7.83. The monoisotopic (exact) mass is 503 g/mol. The van der Waals surface area contributed by atoms with Crippen molar-refractivity contribution in [3.8, 4) is 5.75 Å². The molecule has 0 atom stereocenters. The van der Waals surface area contributed by atoms with E-state index in [1.807, 2.05) is 6.07 Å². The highest BCUT2D eigenvalue weighted by Crippen LogP contribution is 2.21. The maximum atomic E-state index is 12.0. The number of unbranched alkanes of at least 4 members (excludes halogenated alkanes) is 2. The molecule has 0 aliphatic carbocycles. The molecule has 3 aromatic carbocycles. The van der Waals surface area contributed by atoms with Crippen LogP contribution in [0.15, 0.2) is 72.8 Å². The molecule has 0 saturated carbocycles. The number of benzene rings is 3. The molecule has 188 valence electrons. The molecule has 0 bridgehead atoms. The van der Waals surface area contributed by atoms with Crippen molar-refractivity contribution in [3.05, 3.63) is 94.8 Å². The maximum absolute atomic E-state index is 12.0. The summed E-state index contributed by atoms with van der Waals surface area (Å²) in [5.74, 6) is 2.16. The lowest BCUT2D eigenvalue weighted by atomic mass is 10.0. The number of rotatable bonds is 12. The number of para-hydroxylation sites is 2. The van der Waals surface area contributed by atoms with Crippen LogP contribution in [0.3, 0.4) is 0 Å². The van der Waals surface area contributed by atoms with Crippen molar-refractivity contribution >= 4 is 28.5 Å². The molecule has 1 aromatic heterocycles. The molecule has 6 heteroatoms. The van der Waals surface area contributed by atoms with Gasteiger partial charge in [-0.3, -0.25) is 4.79 Å². The van der Waals surface area contributed by atoms with Crippen LogP contribution in [0.5, 0.6) is 5.75 Å². The topological polar surface area (TPSA) is 56.2 Å². The minimum atomic E-state index is -0.116. The van der Waals surface area contributed by atoms with Crippen molar-refractivity contribution in [3.63, 3.8) is 0 Å². The second kappa shape index (κ2) is 12.6. The third-order valence-corrected chi connectivity index (χ3v) is 6.56. The molecule has 1 heterocycles. The van der Waals surface area contributed by atoms with E-state index < -0.39 is 0 Å². The number of halogens is 1. The van der Waals surface area contributed by atoms with E-state index in [4.69, 9.17) is 21.3 Å². The van der Waals surface area contributed by atoms with Crippen molar-refractivity contribution in [1.82, 2.24) is 14.9 Å². The molecule has 1 N–H and O–H groups in total. The third-order valence-electron chi connectivity index (χ3n) is 6.30. The lowest BCUT2D eigenvalue weighted by molar-refractivity contribution is -0.123. The van der Waals surface area contributed by atoms with Crippen molar-refractivity contribution in [1.29, 1.82) is 0 Å². The Hall–Kier alpha value is -3.31. The molecule has 4 aromatic rings. The second-order valence-electron chi connectivity index (χ2n) is 9.40. The molecular weight excluding hydrogens is 470 g/mol. The molecule has 1 amide bonds. The zero-order chi connectivity index (χ0) is 25.3. The first-order chi connectivity index (χ1) is 17.5. The molecule has 36 heavy (non-hydrogen) atoms. The molecular formula is C30H34ClN3O2. The molecule has 0 aliphatic rings. The number of amides is 1. The number of aromatic nitrogens is 2. The van der Waals surface area contributed by atoms with Gasteiger partial charge in [0.15, 0.2) is 6.61 Å². The summed E-state index contributed by atoms with van der Waals surface area (Å²) in [7, 11) is 0. The van der Waals surface area contributed by atoms with Crippen LogP contribution in [-0.2, 0) is 17.8 Å². The van der Waals surface area contributed by atoms with Gasteiger partial charge in [-0.1, -0.05) is 68.3 Å². The SMILES string of the molecule is CC(C)c1ccc(Cn2c(CCCCCNC(=O)COc3ccc(Cl)cc3)nc3ccccc32)cc1. The van der Waals surface area contributed by atoms with Gasteiger partial charge in [0.05, 0.1) is 11.0 Å². The van der Waals surface area contributed by atoms with Gasteiger partial charge in [-0.05, 0) is 66.3 Å². The first-order valence-electron chi connectivity index (χ1n) is 12.7. The van der Waals surface area contributed by atoms with Crippen molar-refractivity contribution in [2.24, 2.45) is 0 Å². The lowest BCUT2D eigenvalue weighted by Crippen LogP contribution is -2.29. The van der Waals surface area contributed by atoms with E-state index in [-0.39, 0.29) is 12.5 Å². The highest BCUT2D eigenvalue weighted by molar-refractivity contribution is 6.30. The molecule has 0 aliphatic heterocycles. The smallest absolute Gasteiger partial charge is 0.257 e. The van der Waals surface area contributed by atoms with Crippen LogP contribution >= 0.6 is 11.6 Å². The highest BCUT2D eigenvalue weighted by Gasteiger charge is 2.11. The zero-order valence-corrected chi connectivity index (χ0v) is 21.8. The van der Waals surface area contributed by atoms with Crippen LogP contribution in [0.4, 0.5) is 0 Å². The molecule has 0 saturated heterocycles. The summed E-state index contributed by atoms with van der Waals surface area (Å²) in [6.45, 7) is 5.90. The molecule has 5 nitrogen and oxygen atoms in total. The molecule has 0 unspecified atom stereocenters. The average Bonchev–Trinajstić information content (AvgIpc) is 3.23. The number of imidazole rings is 1. The van der Waals surface area contributed by atoms with Crippen LogP contribution in [0, 0.1) is 0 Å². The molecule has 0 radical (unpaired) electrons. The van der Waals surface area contributed by atoms with E-state index in [0.29, 0.717) is 23.2 Å². The van der Waals surface area contributed by atoms with E-state index in [1.54, 1.807) is 24.3 Å². The molecule has 0 spiro atoms. The average molecular weight is 504 g/mol. The van der Waals surface area contributed by atoms with Gasteiger partial charge >= 0.3 is 0 Å². The number of hydrogen-bond donors (Lipinski definition) is 1. The number of nitrogens with one attached hydrogen (secondary N) is 1. The first kappa shape index (κ1) is 25.8. The van der Waals surface area contributed by atoms with Gasteiger partial charge < -0.3 is 14.6 Å². The van der Waals surface area contributed by atoms with Crippen LogP contribution in [0.1, 0.15) is 56.0 Å². The van der Waals surface area contributed by atoms with Gasteiger partial charge in [0.2, 0.25) is 0 Å². The predicted molar refractivity (Wildman–Crippen MR) is 147 cm³/mol. The van der Waals surface area contributed by atoms with Crippen molar-refractivity contribution in [2.45, 2.75) is 52.0 Å². The van der Waals surface area contributed by atoms with E-state index in [2.05, 4.69) is 66.2 Å². The summed E-state index contributed by atoms with van der Waals surface area (Å²) >= 11 is 5.86. The minimum Gasteiger partial charge on any atom is -0.484 e. The van der Waals surface area contributed by atoms with Gasteiger partial charge in [0.25, 0.3) is 5.91 Å². The summed E-state index contributed by atoms with van der Waals surface area (Å²) in [5, 5.41) is 3.57. The number of carbonyl (C=O) groups excluding carboxylic acids is 1. The van der Waals surface area contributed by atoms with Crippen LogP contribution in [0.25, 0.3) is 11.0 Å². The van der Waals surface area contributed by atoms with Gasteiger partial charge in [0, 0.05) is 24.5 Å². The number of nitrogens with zero attached hydrogens (tertiary/aromatic N) is 2. The van der Waals surface area contributed by atoms with E-state index in [0.717, 1.165) is 43.6 Å². The Balaban J connectivity index is 1.25. The summed E-state index contributed by atoms with van der Waals surface area (Å²) in [6, 6.07) is 24.3. The minimum absolute atomic E-state index is 0.00377. The second-order valence-corrected chi connectivity index (χ2v) is 9.84. The Kier molecular flexibility index (Phi) is 9.01. The van der Waals surface area contributed by atoms with E-state index >= 15 is 0 Å². The number of aryl methyl sites for hydroxylation is 1. The summed E-state index contributed by atoms with van der Waals surface area (Å²) in [4.78, 5) is 17.0. The van der Waals surface area contributed by atoms with Gasteiger partial charge in [-0.2, -0.15) is 0 Å². The van der Waals surface area contributed by atoms with Crippen molar-refractivity contribution < 1.29 is 9.53 Å². The molecule has 4 rings (SSSR count). The highest BCUT2D eigenvalue weighted by atomic mass is 35.5. The Morgan fingerprint density at radius 2 is 1.72 bits per heavy atom. The molecule has 0 fully saturated rings. The maximum Gasteiger partial charge on any atom is 0.257 e. The van der Waals surface area contributed by atoms with Gasteiger partial charge in [0.1, 0.15) is 11.6 Å². The number of fused-ring (bicyclic) bond motifs is 1. The Labute approximate surface area is 218 Å². The predicted octanol–water partition coefficient (Wildman–Crippen LogP) is 6.77. The number of hydrogen-bond acceptors (Lipinski definition) is 3. The van der Waals surface area contributed by atoms with Crippen LogP contribution in [0.2, 0.25) is 5.02 Å². The van der Waals surface area contributed by atoms with Crippen molar-refractivity contribution in [2.75, 3.05) is 13.2 Å². The van der Waals surface area contributed by atoms with E-state index in [9.17, 15) is 4.79 Å². The zero-order valence-electron chi connectivity index (χ0n) is 21.0. The van der Waals surface area contributed by atoms with Crippen LogP contribution < -0.4 is 10.1 Å². The lowest BCUT2D eigenvalue weighted by Gasteiger charge is -2.11. The summed E-state index contributed by atoms with van der Waals surface area (Å²) in [5.41, 5.74) is 4.86. The Morgan fingerprint density at radius 1 is 0.972 bits per heavy atom. The largest absolute Gasteiger partial charge is 0.484 e. The van der Waals surface area contributed by atoms with E-state index in [1.165, 1.54) is 16.6 Å².